The zero-order chi connectivity index (χ0) is 28.4. The van der Waals surface area contributed by atoms with Crippen molar-refractivity contribution in [2.45, 2.75) is 43.9 Å². The number of carboxylic acids is 1. The van der Waals surface area contributed by atoms with Gasteiger partial charge in [-0.3, -0.25) is 4.79 Å². The van der Waals surface area contributed by atoms with Gasteiger partial charge in [0.25, 0.3) is 1.43 Å². The van der Waals surface area contributed by atoms with Gasteiger partial charge in [-0.1, -0.05) is 12.7 Å². The molecule has 1 saturated heterocycles. The standard InChI is InChI=1S/C11H20N2O2/c12-9(11(14)15)5-7-6-13-10-4-2-1-3-8(7)10/h7-10,13H,1-6,12H2,(H,14,15)/t7?,8?,9-,10?/m0/s1/i1D2,2D2,3D2,4D2,5D2,6D2,7D,8D,9D,10D/hD4. The summed E-state index contributed by atoms with van der Waals surface area (Å²) in [6, 6.07) is -8.62. The van der Waals surface area contributed by atoms with Crippen molar-refractivity contribution in [3.05, 3.63) is 0 Å². The Labute approximate surface area is 119 Å². The third kappa shape index (κ3) is 2.32. The van der Waals surface area contributed by atoms with Crippen LogP contribution in [0, 0.1) is 11.8 Å². The lowest BCUT2D eigenvalue weighted by atomic mass is 9.78. The minimum Gasteiger partial charge on any atom is -0.480 e. The van der Waals surface area contributed by atoms with Crippen LogP contribution in [0.5, 0.6) is 0 Å². The highest BCUT2D eigenvalue weighted by Gasteiger charge is 2.38. The summed E-state index contributed by atoms with van der Waals surface area (Å²) >= 11 is 0. The van der Waals surface area contributed by atoms with E-state index in [1.807, 2.05) is 0 Å². The fourth-order valence-electron chi connectivity index (χ4n) is 0.998. The zero-order valence-electron chi connectivity index (χ0n) is 27.2. The summed E-state index contributed by atoms with van der Waals surface area (Å²) in [6.07, 6.45) is -21.6. The van der Waals surface area contributed by atoms with Crippen LogP contribution in [0.3, 0.4) is 0 Å². The van der Waals surface area contributed by atoms with Gasteiger partial charge in [-0.2, -0.15) is 0 Å². The first-order valence-corrected chi connectivity index (χ1v) is 3.83. The SMILES string of the molecule is [2H]OC(=O)[C@@]([2H])(N([2H])[2H])C([2H])([2H])C1([2H])C([2H])([2H])N([2H])C2([2H])C([2H])([2H])C([2H])([2H])C([2H])([2H])C([2H])([2H])C21[2H]. The highest BCUT2D eigenvalue weighted by atomic mass is 16.4. The van der Waals surface area contributed by atoms with E-state index in [2.05, 4.69) is 5.11 Å². The third-order valence-electron chi connectivity index (χ3n) is 1.63. The van der Waals surface area contributed by atoms with Crippen molar-refractivity contribution in [2.75, 3.05) is 6.50 Å². The van der Waals surface area contributed by atoms with Gasteiger partial charge in [0.1, 0.15) is 10.3 Å². The second-order valence-corrected chi connectivity index (χ2v) is 2.58. The number of fused-ring (bicyclic) bond motifs is 1. The maximum Gasteiger partial charge on any atom is 0.320 e. The summed E-state index contributed by atoms with van der Waals surface area (Å²) in [5, 5.41) is 2.51. The van der Waals surface area contributed by atoms with Crippen molar-refractivity contribution in [3.8, 4) is 0 Å². The number of nitrogens with two attached hydrogens (primary N) is 1. The Morgan fingerprint density at radius 3 is 3.67 bits per heavy atom. The minimum atomic E-state index is -4.63. The highest BCUT2D eigenvalue weighted by Crippen LogP contribution is 2.36. The highest BCUT2D eigenvalue weighted by molar-refractivity contribution is 5.73. The Morgan fingerprint density at radius 2 is 2.87 bits per heavy atom. The van der Waals surface area contributed by atoms with Gasteiger partial charge in [0.05, 0.1) is 1.37 Å². The summed E-state index contributed by atoms with van der Waals surface area (Å²) in [6.45, 7) is -4.30. The summed E-state index contributed by atoms with van der Waals surface area (Å²) in [5.74, 6) is -11.6. The Hall–Kier alpha value is -0.610. The first-order valence-electron chi connectivity index (χ1n) is 13.6. The van der Waals surface area contributed by atoms with E-state index in [0.29, 0.717) is 0 Å². The molecule has 1 saturated carbocycles. The number of carboxylic acid groups (broad SMARTS) is 1. The largest absolute Gasteiger partial charge is 0.480 e. The molecule has 4 atom stereocenters. The van der Waals surface area contributed by atoms with Crippen molar-refractivity contribution in [1.29, 1.82) is 1.43 Å². The van der Waals surface area contributed by atoms with Gasteiger partial charge in [-0.05, 0) is 37.4 Å². The lowest BCUT2D eigenvalue weighted by molar-refractivity contribution is -0.139. The second kappa shape index (κ2) is 4.49. The first kappa shape index (κ1) is 2.06. The van der Waals surface area contributed by atoms with Crippen LogP contribution in [-0.4, -0.2) is 29.6 Å². The maximum atomic E-state index is 12.2. The molecule has 2 aliphatic rings. The van der Waals surface area contributed by atoms with Crippen LogP contribution >= 0.6 is 0 Å². The Kier molecular flexibility index (Phi) is 0.617. The van der Waals surface area contributed by atoms with Crippen LogP contribution in [0.4, 0.5) is 0 Å². The molecule has 0 amide bonds. The quantitative estimate of drug-likeness (QED) is 0.662. The van der Waals surface area contributed by atoms with Crippen LogP contribution in [0.1, 0.15) is 53.8 Å². The molecule has 3 unspecified atom stereocenters. The molecule has 15 heavy (non-hydrogen) atoms. The topological polar surface area (TPSA) is 75.3 Å². The molecule has 0 aromatic heterocycles. The number of aliphatic carboxylic acids is 1. The number of hydrogen-bond acceptors (Lipinski definition) is 4. The Bertz CT molecular complexity index is 925. The normalized spacial score (nSPS) is 92.6. The van der Waals surface area contributed by atoms with E-state index >= 15 is 0 Å². The predicted octanol–water partition coefficient (Wildman–Crippen LogP) is 0.567. The Balaban J connectivity index is 3.25. The van der Waals surface area contributed by atoms with Crippen molar-refractivity contribution < 1.29 is 36.1 Å². The summed E-state index contributed by atoms with van der Waals surface area (Å²) < 4.78 is 161. The van der Waals surface area contributed by atoms with Crippen molar-refractivity contribution in [3.63, 3.8) is 0 Å². The third-order valence-corrected chi connectivity index (χ3v) is 1.63. The smallest absolute Gasteiger partial charge is 0.320 e. The van der Waals surface area contributed by atoms with E-state index in [-0.39, 0.29) is 0 Å². The van der Waals surface area contributed by atoms with Crippen LogP contribution < -0.4 is 11.0 Å². The van der Waals surface area contributed by atoms with Gasteiger partial charge in [0.2, 0.25) is 0 Å². The lowest BCUT2D eigenvalue weighted by Gasteiger charge is -2.29. The average molecular weight is 232 g/mol. The molecule has 0 bridgehead atoms. The van der Waals surface area contributed by atoms with Gasteiger partial charge >= 0.3 is 5.97 Å². The van der Waals surface area contributed by atoms with E-state index in [4.69, 9.17) is 27.6 Å². The number of carbonyl (C=O) groups is 1. The molecule has 4 N–H and O–H groups in total. The minimum absolute atomic E-state index is 0.937. The van der Waals surface area contributed by atoms with Gasteiger partial charge < -0.3 is 16.1 Å². The van der Waals surface area contributed by atoms with Gasteiger partial charge in [-0.25, -0.2) is 0 Å². The molecular weight excluding hydrogens is 192 g/mol. The second-order valence-electron chi connectivity index (χ2n) is 2.58. The van der Waals surface area contributed by atoms with Crippen molar-refractivity contribution in [1.82, 2.24) is 5.31 Å². The number of rotatable bonds is 4. The van der Waals surface area contributed by atoms with Crippen molar-refractivity contribution in [2.24, 2.45) is 17.5 Å². The van der Waals surface area contributed by atoms with E-state index in [1.54, 1.807) is 0 Å². The molecule has 2 fully saturated rings. The molecule has 0 aromatic rings. The van der Waals surface area contributed by atoms with E-state index in [1.165, 1.54) is 0 Å². The molecule has 0 aromatic carbocycles. The molecule has 4 nitrogen and oxygen atoms in total. The number of nitrogens with one attached hydrogen (secondary N) is 1. The maximum absolute atomic E-state index is 12.2. The molecule has 0 radical (unpaired) electrons. The van der Waals surface area contributed by atoms with Gasteiger partial charge in [0.15, 0.2) is 0 Å². The van der Waals surface area contributed by atoms with Gasteiger partial charge in [-0.15, -0.1) is 0 Å². The molecule has 1 heterocycles. The first-order chi connectivity index (χ1) is 15.1. The van der Waals surface area contributed by atoms with Crippen LogP contribution in [0.15, 0.2) is 0 Å². The summed E-state index contributed by atoms with van der Waals surface area (Å²) in [7, 11) is 0. The van der Waals surface area contributed by atoms with Gasteiger partial charge in [0, 0.05) is 26.6 Å². The van der Waals surface area contributed by atoms with Crippen LogP contribution in [-0.2, 0) is 4.79 Å². The average Bonchev–Trinajstić information content (AvgIpc) is 2.82. The molecule has 4 heteroatoms. The van der Waals surface area contributed by atoms with Crippen LogP contribution in [0.2, 0.25) is 4.24 Å². The van der Waals surface area contributed by atoms with Crippen molar-refractivity contribution >= 4 is 5.97 Å². The molecular formula is C11H20N2O2. The molecule has 0 spiro atoms. The molecule has 1 aliphatic carbocycles. The monoisotopic (exact) mass is 232 g/mol. The zero-order valence-corrected chi connectivity index (χ0v) is 7.21. The van der Waals surface area contributed by atoms with E-state index in [9.17, 15) is 4.79 Å². The molecule has 1 aliphatic heterocycles. The summed E-state index contributed by atoms with van der Waals surface area (Å²) in [5.41, 5.74) is -1.11. The van der Waals surface area contributed by atoms with E-state index in [0.717, 1.165) is 0 Å². The van der Waals surface area contributed by atoms with Crippen LogP contribution in [0.25, 0.3) is 1.43 Å². The fraction of sp³-hybridized carbons (Fsp3) is 0.909. The lowest BCUT2D eigenvalue weighted by Crippen LogP contribution is -2.35. The Morgan fingerprint density at radius 1 is 2.00 bits per heavy atom. The fourth-order valence-corrected chi connectivity index (χ4v) is 0.998. The molecule has 2 rings (SSSR count). The summed E-state index contributed by atoms with van der Waals surface area (Å²) in [4.78, 5) is 12.2. The predicted molar refractivity (Wildman–Crippen MR) is 57.5 cm³/mol. The molecule has 86 valence electrons. The number of hydrogen-bond donors (Lipinski definition) is 3. The van der Waals surface area contributed by atoms with E-state index < -0.39 is 79.2 Å².